The zero-order valence-electron chi connectivity index (χ0n) is 24.4. The lowest BCUT2D eigenvalue weighted by Crippen LogP contribution is -2.43. The van der Waals surface area contributed by atoms with Gasteiger partial charge in [0.2, 0.25) is 5.88 Å². The van der Waals surface area contributed by atoms with Crippen LogP contribution in [0.3, 0.4) is 0 Å². The summed E-state index contributed by atoms with van der Waals surface area (Å²) in [6.07, 6.45) is -0.548. The van der Waals surface area contributed by atoms with Gasteiger partial charge in [0.15, 0.2) is 0 Å². The molecule has 242 valence electrons. The Morgan fingerprint density at radius 2 is 1.89 bits per heavy atom. The number of hydrogen-bond donors (Lipinski definition) is 1. The molecule has 0 bridgehead atoms. The molecule has 0 spiro atoms. The number of carbonyl (C=O) groups is 1. The number of amides is 1. The Hall–Kier alpha value is -3.96. The fraction of sp³-hybridized carbons (Fsp3) is 0.393. The van der Waals surface area contributed by atoms with E-state index in [0.29, 0.717) is 5.69 Å². The minimum Gasteiger partial charge on any atom is -0.490 e. The first-order valence-corrected chi connectivity index (χ1v) is 15.8. The summed E-state index contributed by atoms with van der Waals surface area (Å²) in [5.74, 6) is -1.50. The average Bonchev–Trinajstić information content (AvgIpc) is 3.59. The molecule has 1 aliphatic heterocycles. The van der Waals surface area contributed by atoms with Crippen LogP contribution in [0.15, 0.2) is 35.7 Å². The van der Waals surface area contributed by atoms with Gasteiger partial charge in [0, 0.05) is 28.4 Å². The Labute approximate surface area is 259 Å². The molecule has 0 radical (unpaired) electrons. The molecule has 4 aromatic rings. The Kier molecular flexibility index (Phi) is 8.48. The highest BCUT2D eigenvalue weighted by Crippen LogP contribution is 2.47. The van der Waals surface area contributed by atoms with Crippen molar-refractivity contribution in [1.82, 2.24) is 19.7 Å². The smallest absolute Gasteiger partial charge is 0.490 e. The zero-order chi connectivity index (χ0) is 32.9. The van der Waals surface area contributed by atoms with E-state index >= 15 is 0 Å². The van der Waals surface area contributed by atoms with Crippen molar-refractivity contribution in [2.24, 2.45) is 0 Å². The molecule has 1 amide bonds. The van der Waals surface area contributed by atoms with Crippen LogP contribution in [0.4, 0.5) is 22.4 Å². The number of hydrogen-bond acceptors (Lipinski definition) is 10. The maximum atomic E-state index is 14.3. The topological polar surface area (TPSA) is 133 Å². The Morgan fingerprint density at radius 3 is 2.56 bits per heavy atom. The number of halogens is 4. The van der Waals surface area contributed by atoms with E-state index in [1.807, 2.05) is 0 Å². The molecule has 0 unspecified atom stereocenters. The van der Waals surface area contributed by atoms with E-state index < -0.39 is 51.7 Å². The summed E-state index contributed by atoms with van der Waals surface area (Å²) in [6.45, 7) is 6.86. The van der Waals surface area contributed by atoms with Gasteiger partial charge in [-0.1, -0.05) is 0 Å². The van der Waals surface area contributed by atoms with E-state index in [0.717, 1.165) is 23.5 Å². The summed E-state index contributed by atoms with van der Waals surface area (Å²) < 4.78 is 96.0. The van der Waals surface area contributed by atoms with Crippen molar-refractivity contribution in [1.29, 1.82) is 0 Å². The molecule has 1 aromatic carbocycles. The maximum Gasteiger partial charge on any atom is 0.534 e. The summed E-state index contributed by atoms with van der Waals surface area (Å²) >= 11 is 1.05. The first kappa shape index (κ1) is 32.4. The van der Waals surface area contributed by atoms with Gasteiger partial charge in [-0.25, -0.2) is 14.2 Å². The van der Waals surface area contributed by atoms with E-state index in [1.54, 1.807) is 38.4 Å². The van der Waals surface area contributed by atoms with Crippen LogP contribution in [0.5, 0.6) is 11.6 Å². The van der Waals surface area contributed by atoms with Gasteiger partial charge in [-0.15, -0.1) is 11.3 Å². The molecule has 5 rings (SSSR count). The minimum atomic E-state index is -6.11. The Bertz CT molecular complexity index is 1870. The summed E-state index contributed by atoms with van der Waals surface area (Å²) in [4.78, 5) is 18.7. The van der Waals surface area contributed by atoms with Gasteiger partial charge in [0.25, 0.3) is 0 Å². The molecule has 0 saturated heterocycles. The van der Waals surface area contributed by atoms with Crippen molar-refractivity contribution in [2.75, 3.05) is 19.8 Å². The molecule has 4 heterocycles. The van der Waals surface area contributed by atoms with E-state index in [9.17, 15) is 35.9 Å². The number of thiophene rings is 1. The van der Waals surface area contributed by atoms with E-state index in [4.69, 9.17) is 9.47 Å². The quantitative estimate of drug-likeness (QED) is 0.145. The second-order valence-corrected chi connectivity index (χ2v) is 13.5. The highest BCUT2D eigenvalue weighted by molar-refractivity contribution is 7.88. The molecule has 3 aromatic heterocycles. The fourth-order valence-electron chi connectivity index (χ4n) is 4.81. The lowest BCUT2D eigenvalue weighted by atomic mass is 9.99. The van der Waals surface area contributed by atoms with Crippen molar-refractivity contribution >= 4 is 37.6 Å². The highest BCUT2D eigenvalue weighted by atomic mass is 32.2. The van der Waals surface area contributed by atoms with Crippen molar-refractivity contribution in [3.05, 3.63) is 47.2 Å². The summed E-state index contributed by atoms with van der Waals surface area (Å²) in [5.41, 5.74) is -5.41. The number of alkyl halides is 3. The van der Waals surface area contributed by atoms with Gasteiger partial charge >= 0.3 is 21.7 Å². The van der Waals surface area contributed by atoms with Crippen LogP contribution in [-0.4, -0.2) is 70.1 Å². The third-order valence-corrected chi connectivity index (χ3v) is 8.61. The van der Waals surface area contributed by atoms with E-state index in [2.05, 4.69) is 14.3 Å². The molecular formula is C28H28F4N4O7S2. The van der Waals surface area contributed by atoms with Crippen molar-refractivity contribution in [3.8, 4) is 34.1 Å². The summed E-state index contributed by atoms with van der Waals surface area (Å²) in [5, 5.41) is 15.4. The van der Waals surface area contributed by atoms with Gasteiger partial charge < -0.3 is 18.8 Å². The maximum absolute atomic E-state index is 14.3. The average molecular weight is 673 g/mol. The molecular weight excluding hydrogens is 644 g/mol. The Balaban J connectivity index is 1.72. The van der Waals surface area contributed by atoms with Crippen LogP contribution in [0.2, 0.25) is 0 Å². The number of fused-ring (bicyclic) bond motifs is 2. The van der Waals surface area contributed by atoms with Crippen LogP contribution < -0.4 is 8.92 Å². The third kappa shape index (κ3) is 6.41. The number of aromatic nitrogens is 3. The molecule has 0 fully saturated rings. The van der Waals surface area contributed by atoms with Crippen molar-refractivity contribution in [2.45, 2.75) is 51.4 Å². The predicted octanol–water partition coefficient (Wildman–Crippen LogP) is 5.88. The normalized spacial score (nSPS) is 15.7. The van der Waals surface area contributed by atoms with E-state index in [-0.39, 0.29) is 58.0 Å². The van der Waals surface area contributed by atoms with Crippen molar-refractivity contribution < 1.29 is 49.5 Å². The lowest BCUT2D eigenvalue weighted by molar-refractivity contribution is -0.0500. The molecule has 1 atom stereocenters. The fourth-order valence-corrected chi connectivity index (χ4v) is 6.19. The first-order chi connectivity index (χ1) is 21.0. The molecule has 0 aliphatic carbocycles. The number of carbonyl (C=O) groups excluding carboxylic acids is 1. The molecule has 1 aliphatic rings. The number of pyridine rings is 1. The van der Waals surface area contributed by atoms with Gasteiger partial charge in [-0.05, 0) is 57.3 Å². The zero-order valence-corrected chi connectivity index (χ0v) is 26.0. The van der Waals surface area contributed by atoms with E-state index in [1.165, 1.54) is 22.4 Å². The van der Waals surface area contributed by atoms with Gasteiger partial charge in [0.05, 0.1) is 30.3 Å². The van der Waals surface area contributed by atoms with Crippen LogP contribution in [0.1, 0.15) is 39.4 Å². The number of rotatable bonds is 7. The van der Waals surface area contributed by atoms with Gasteiger partial charge in [-0.3, -0.25) is 9.58 Å². The number of aliphatic hydroxyl groups is 1. The Morgan fingerprint density at radius 1 is 1.16 bits per heavy atom. The summed E-state index contributed by atoms with van der Waals surface area (Å²) in [6, 6.07) is 5.97. The lowest BCUT2D eigenvalue weighted by Gasteiger charge is -2.35. The number of benzene rings is 1. The standard InChI is InChI=1S/C28H28F4N4O7S2/c1-15-20-14-19(34-36(20)9-8-35(15)26(38)42-27(2,3)4)23-22(17-6-5-16(29)13-21(17)41-11-10-37)24-18(7-12-44-24)25(33-23)43-45(39,40)28(30,31)32/h5-7,12-15,37H,8-11H2,1-4H3/t15-/m1/s1. The molecule has 0 saturated carbocycles. The molecule has 1 N–H and O–H groups in total. The van der Waals surface area contributed by atoms with Crippen LogP contribution >= 0.6 is 11.3 Å². The largest absolute Gasteiger partial charge is 0.534 e. The number of ether oxygens (including phenoxy) is 2. The van der Waals surface area contributed by atoms with Gasteiger partial charge in [-0.2, -0.15) is 26.7 Å². The first-order valence-electron chi connectivity index (χ1n) is 13.5. The monoisotopic (exact) mass is 672 g/mol. The van der Waals surface area contributed by atoms with Crippen LogP contribution in [0, 0.1) is 5.82 Å². The number of aliphatic hydroxyl groups excluding tert-OH is 1. The van der Waals surface area contributed by atoms with Gasteiger partial charge in [0.1, 0.15) is 35.2 Å². The predicted molar refractivity (Wildman–Crippen MR) is 156 cm³/mol. The van der Waals surface area contributed by atoms with Crippen molar-refractivity contribution in [3.63, 3.8) is 0 Å². The molecule has 17 heteroatoms. The third-order valence-electron chi connectivity index (χ3n) is 6.74. The second kappa shape index (κ2) is 11.8. The van der Waals surface area contributed by atoms with Crippen LogP contribution in [0.25, 0.3) is 32.6 Å². The van der Waals surface area contributed by atoms with Crippen LogP contribution in [-0.2, 0) is 21.4 Å². The minimum absolute atomic E-state index is 0.00757. The summed E-state index contributed by atoms with van der Waals surface area (Å²) in [7, 11) is -6.11. The SMILES string of the molecule is C[C@@H]1c2cc(-c3nc(OS(=O)(=O)C(F)(F)F)c4ccsc4c3-c3ccc(F)cc3OCCO)nn2CCN1C(=O)OC(C)(C)C. The number of nitrogens with zero attached hydrogens (tertiary/aromatic N) is 4. The highest BCUT2D eigenvalue weighted by Gasteiger charge is 2.49. The molecule has 11 nitrogen and oxygen atoms in total. The molecule has 45 heavy (non-hydrogen) atoms. The second-order valence-electron chi connectivity index (χ2n) is 11.0.